The van der Waals surface area contributed by atoms with Gasteiger partial charge in [0.2, 0.25) is 10.0 Å². The van der Waals surface area contributed by atoms with Crippen LogP contribution in [0.1, 0.15) is 15.9 Å². The van der Waals surface area contributed by atoms with Crippen LogP contribution in [-0.2, 0) is 26.0 Å². The molecule has 1 aliphatic rings. The first-order valence-electron chi connectivity index (χ1n) is 8.76. The van der Waals surface area contributed by atoms with Gasteiger partial charge in [0.25, 0.3) is 5.91 Å². The quantitative estimate of drug-likeness (QED) is 0.664. The number of carbonyl (C=O) groups is 2. The van der Waals surface area contributed by atoms with E-state index in [-0.39, 0.29) is 23.5 Å². The van der Waals surface area contributed by atoms with Crippen molar-refractivity contribution in [3.8, 4) is 5.75 Å². The van der Waals surface area contributed by atoms with Crippen LogP contribution in [0.3, 0.4) is 0 Å². The Bertz CT molecular complexity index is 1070. The summed E-state index contributed by atoms with van der Waals surface area (Å²) >= 11 is 0. The van der Waals surface area contributed by atoms with Crippen LogP contribution in [0, 0.1) is 0 Å². The minimum Gasteiger partial charge on any atom is -0.452 e. The molecule has 2 aromatic rings. The molecule has 1 amide bonds. The monoisotopic (exact) mass is 440 g/mol. The molecular weight excluding hydrogens is 422 g/mol. The Morgan fingerprint density at radius 1 is 1.20 bits per heavy atom. The predicted octanol–water partition coefficient (Wildman–Crippen LogP) is 2.41. The molecule has 11 heteroatoms. The second-order valence-electron chi connectivity index (χ2n) is 6.43. The zero-order valence-electron chi connectivity index (χ0n) is 15.8. The van der Waals surface area contributed by atoms with Crippen LogP contribution in [0.25, 0.3) is 0 Å². The highest BCUT2D eigenvalue weighted by Gasteiger charge is 2.27. The molecule has 0 unspecified atom stereocenters. The fourth-order valence-corrected chi connectivity index (χ4v) is 3.97. The first-order chi connectivity index (χ1) is 14.1. The minimum atomic E-state index is -3.40. The molecule has 0 atom stereocenters. The van der Waals surface area contributed by atoms with Crippen molar-refractivity contribution in [1.29, 1.82) is 0 Å². The molecule has 0 aliphatic carbocycles. The number of hydrogen-bond acceptors (Lipinski definition) is 6. The van der Waals surface area contributed by atoms with Gasteiger partial charge < -0.3 is 14.8 Å². The third kappa shape index (κ3) is 5.03. The molecule has 0 fully saturated rings. The number of fused-ring (bicyclic) bond motifs is 1. The largest absolute Gasteiger partial charge is 0.452 e. The number of rotatable bonds is 7. The summed E-state index contributed by atoms with van der Waals surface area (Å²) in [4.78, 5) is 24.3. The van der Waals surface area contributed by atoms with Crippen LogP contribution in [0.2, 0.25) is 0 Å². The number of alkyl halides is 2. The Hall–Kier alpha value is -3.21. The minimum absolute atomic E-state index is 0.0113. The lowest BCUT2D eigenvalue weighted by atomic mass is 10.1. The lowest BCUT2D eigenvalue weighted by Gasteiger charge is -2.16. The van der Waals surface area contributed by atoms with Crippen LogP contribution in [0.5, 0.6) is 5.75 Å². The number of halogens is 2. The van der Waals surface area contributed by atoms with Crippen molar-refractivity contribution in [2.75, 3.05) is 29.0 Å². The Labute approximate surface area is 171 Å². The van der Waals surface area contributed by atoms with E-state index in [4.69, 9.17) is 4.74 Å². The van der Waals surface area contributed by atoms with Gasteiger partial charge in [0.1, 0.15) is 5.75 Å². The normalized spacial score (nSPS) is 13.1. The van der Waals surface area contributed by atoms with E-state index in [0.29, 0.717) is 17.7 Å². The second kappa shape index (κ2) is 8.66. The summed E-state index contributed by atoms with van der Waals surface area (Å²) < 4.78 is 58.9. The summed E-state index contributed by atoms with van der Waals surface area (Å²) in [6.45, 7) is -3.41. The molecule has 3 rings (SSSR count). The number of carbonyl (C=O) groups excluding carboxylic acids is 2. The molecule has 0 saturated heterocycles. The van der Waals surface area contributed by atoms with E-state index in [1.165, 1.54) is 46.8 Å². The number of nitrogens with one attached hydrogen (secondary N) is 1. The van der Waals surface area contributed by atoms with Crippen molar-refractivity contribution in [2.45, 2.75) is 13.0 Å². The van der Waals surface area contributed by atoms with Gasteiger partial charge in [-0.05, 0) is 42.3 Å². The first-order valence-corrected chi connectivity index (χ1v) is 10.6. The van der Waals surface area contributed by atoms with Crippen molar-refractivity contribution < 1.29 is 36.3 Å². The maximum Gasteiger partial charge on any atom is 0.387 e. The number of benzene rings is 2. The van der Waals surface area contributed by atoms with Crippen molar-refractivity contribution in [2.24, 2.45) is 0 Å². The molecule has 160 valence electrons. The molecular formula is C19H18F2N2O6S. The topological polar surface area (TPSA) is 102 Å². The second-order valence-corrected chi connectivity index (χ2v) is 8.33. The number of anilines is 2. The summed E-state index contributed by atoms with van der Waals surface area (Å²) in [6, 6.07) is 10.1. The first kappa shape index (κ1) is 21.5. The molecule has 0 bridgehead atoms. The molecule has 2 aromatic carbocycles. The summed E-state index contributed by atoms with van der Waals surface area (Å²) in [5.74, 6) is -1.73. The zero-order valence-corrected chi connectivity index (χ0v) is 16.6. The van der Waals surface area contributed by atoms with Crippen LogP contribution in [0.15, 0.2) is 42.5 Å². The Balaban J connectivity index is 1.61. The van der Waals surface area contributed by atoms with Crippen molar-refractivity contribution in [3.63, 3.8) is 0 Å². The maximum absolute atomic E-state index is 12.4. The van der Waals surface area contributed by atoms with Gasteiger partial charge in [-0.25, -0.2) is 13.2 Å². The van der Waals surface area contributed by atoms with E-state index in [0.717, 1.165) is 6.26 Å². The van der Waals surface area contributed by atoms with Gasteiger partial charge in [0.05, 0.1) is 23.2 Å². The van der Waals surface area contributed by atoms with E-state index in [2.05, 4.69) is 10.1 Å². The number of sulfonamides is 1. The van der Waals surface area contributed by atoms with Gasteiger partial charge in [-0.15, -0.1) is 0 Å². The molecule has 1 N–H and O–H groups in total. The third-order valence-corrected chi connectivity index (χ3v) is 5.46. The average Bonchev–Trinajstić information content (AvgIpc) is 3.11. The fraction of sp³-hybridized carbons (Fsp3) is 0.263. The molecule has 8 nitrogen and oxygen atoms in total. The smallest absolute Gasteiger partial charge is 0.387 e. The lowest BCUT2D eigenvalue weighted by molar-refractivity contribution is -0.119. The molecule has 1 aliphatic heterocycles. The summed E-state index contributed by atoms with van der Waals surface area (Å²) in [6.07, 6.45) is 1.55. The SMILES string of the molecule is CS(=O)(=O)N1CCc2cc(C(=O)OCC(=O)Nc3ccccc3OC(F)F)ccc21. The van der Waals surface area contributed by atoms with Crippen LogP contribution < -0.4 is 14.4 Å². The van der Waals surface area contributed by atoms with Crippen molar-refractivity contribution in [3.05, 3.63) is 53.6 Å². The Morgan fingerprint density at radius 2 is 1.93 bits per heavy atom. The predicted molar refractivity (Wildman–Crippen MR) is 104 cm³/mol. The number of nitrogens with zero attached hydrogens (tertiary/aromatic N) is 1. The van der Waals surface area contributed by atoms with E-state index in [1.807, 2.05) is 0 Å². The molecule has 0 aromatic heterocycles. The zero-order chi connectivity index (χ0) is 21.9. The highest BCUT2D eigenvalue weighted by molar-refractivity contribution is 7.92. The highest BCUT2D eigenvalue weighted by Crippen LogP contribution is 2.31. The van der Waals surface area contributed by atoms with Crippen molar-refractivity contribution >= 4 is 33.3 Å². The van der Waals surface area contributed by atoms with Gasteiger partial charge in [-0.1, -0.05) is 12.1 Å². The molecule has 1 heterocycles. The van der Waals surface area contributed by atoms with Crippen LogP contribution >= 0.6 is 0 Å². The van der Waals surface area contributed by atoms with Gasteiger partial charge in [-0.2, -0.15) is 8.78 Å². The molecule has 0 saturated carbocycles. The fourth-order valence-electron chi connectivity index (χ4n) is 3.01. The van der Waals surface area contributed by atoms with E-state index < -0.39 is 35.1 Å². The summed E-state index contributed by atoms with van der Waals surface area (Å²) in [5, 5.41) is 2.34. The molecule has 30 heavy (non-hydrogen) atoms. The van der Waals surface area contributed by atoms with Gasteiger partial charge in [0, 0.05) is 6.54 Å². The van der Waals surface area contributed by atoms with Crippen LogP contribution in [-0.4, -0.2) is 46.3 Å². The Kier molecular flexibility index (Phi) is 6.20. The van der Waals surface area contributed by atoms with E-state index >= 15 is 0 Å². The number of esters is 1. The lowest BCUT2D eigenvalue weighted by Crippen LogP contribution is -2.27. The van der Waals surface area contributed by atoms with Crippen molar-refractivity contribution in [1.82, 2.24) is 0 Å². The van der Waals surface area contributed by atoms with E-state index in [9.17, 15) is 26.8 Å². The number of ether oxygens (including phenoxy) is 2. The summed E-state index contributed by atoms with van der Waals surface area (Å²) in [7, 11) is -3.40. The molecule has 0 spiro atoms. The highest BCUT2D eigenvalue weighted by atomic mass is 32.2. The standard InChI is InChI=1S/C19H18F2N2O6S/c1-30(26,27)23-9-8-12-10-13(6-7-15(12)23)18(25)28-11-17(24)22-14-4-2-3-5-16(14)29-19(20)21/h2-7,10,19H,8-9,11H2,1H3,(H,22,24). The van der Waals surface area contributed by atoms with Crippen LogP contribution in [0.4, 0.5) is 20.2 Å². The average molecular weight is 440 g/mol. The van der Waals surface area contributed by atoms with E-state index in [1.54, 1.807) is 0 Å². The summed E-state index contributed by atoms with van der Waals surface area (Å²) in [5.41, 5.74) is 1.36. The number of para-hydroxylation sites is 2. The maximum atomic E-state index is 12.4. The van der Waals surface area contributed by atoms with Gasteiger partial charge in [0.15, 0.2) is 6.61 Å². The van der Waals surface area contributed by atoms with Gasteiger partial charge in [-0.3, -0.25) is 9.10 Å². The van der Waals surface area contributed by atoms with Gasteiger partial charge >= 0.3 is 12.6 Å². The number of amides is 1. The third-order valence-electron chi connectivity index (χ3n) is 4.28. The number of hydrogen-bond donors (Lipinski definition) is 1. The Morgan fingerprint density at radius 3 is 2.63 bits per heavy atom. The molecule has 0 radical (unpaired) electrons.